The Morgan fingerprint density at radius 2 is 2.12 bits per heavy atom. The summed E-state index contributed by atoms with van der Waals surface area (Å²) in [5.41, 5.74) is 1.86. The normalized spacial score (nSPS) is 15.7. The minimum atomic E-state index is 0.127. The fourth-order valence-electron chi connectivity index (χ4n) is 2.07. The highest BCUT2D eigenvalue weighted by Gasteiger charge is 2.24. The molecular formula is C13H16BrNO. The zero-order chi connectivity index (χ0) is 11.7. The van der Waals surface area contributed by atoms with Crippen LogP contribution in [0.2, 0.25) is 0 Å². The summed E-state index contributed by atoms with van der Waals surface area (Å²) in [6.45, 7) is 1.62. The van der Waals surface area contributed by atoms with E-state index in [-0.39, 0.29) is 5.78 Å². The van der Waals surface area contributed by atoms with Gasteiger partial charge in [0.05, 0.1) is 0 Å². The molecule has 0 unspecified atom stereocenters. The number of carbonyl (C=O) groups is 1. The van der Waals surface area contributed by atoms with Gasteiger partial charge < -0.3 is 4.90 Å². The molecule has 1 aliphatic rings. The number of halogens is 1. The zero-order valence-corrected chi connectivity index (χ0v) is 11.3. The fourth-order valence-corrected chi connectivity index (χ4v) is 2.43. The van der Waals surface area contributed by atoms with Gasteiger partial charge >= 0.3 is 0 Å². The maximum Gasteiger partial charge on any atom is 0.161 e. The molecule has 2 nitrogen and oxygen atoms in total. The van der Waals surface area contributed by atoms with Crippen LogP contribution >= 0.6 is 15.9 Å². The first-order chi connectivity index (χ1) is 7.59. The lowest BCUT2D eigenvalue weighted by atomic mass is 9.91. The van der Waals surface area contributed by atoms with Crippen LogP contribution in [0.4, 0.5) is 5.69 Å². The minimum Gasteiger partial charge on any atom is -0.371 e. The number of anilines is 1. The van der Waals surface area contributed by atoms with Crippen molar-refractivity contribution in [1.82, 2.24) is 0 Å². The minimum absolute atomic E-state index is 0.127. The van der Waals surface area contributed by atoms with E-state index in [9.17, 15) is 4.79 Å². The monoisotopic (exact) mass is 281 g/mol. The maximum absolute atomic E-state index is 11.6. The third-order valence-corrected chi connectivity index (χ3v) is 3.83. The Kier molecular flexibility index (Phi) is 3.33. The second kappa shape index (κ2) is 4.58. The average Bonchev–Trinajstić information content (AvgIpc) is 2.14. The molecule has 0 heterocycles. The molecule has 0 amide bonds. The van der Waals surface area contributed by atoms with Crippen LogP contribution in [0.5, 0.6) is 0 Å². The summed E-state index contributed by atoms with van der Waals surface area (Å²) in [5, 5.41) is 0. The number of hydrogen-bond donors (Lipinski definition) is 0. The fraction of sp³-hybridized carbons (Fsp3) is 0.462. The quantitative estimate of drug-likeness (QED) is 0.789. The molecule has 0 radical (unpaired) electrons. The van der Waals surface area contributed by atoms with Gasteiger partial charge in [-0.05, 0) is 44.4 Å². The highest BCUT2D eigenvalue weighted by molar-refractivity contribution is 9.10. The lowest BCUT2D eigenvalue weighted by molar-refractivity contribution is 0.101. The third-order valence-electron chi connectivity index (χ3n) is 3.34. The molecule has 0 aromatic heterocycles. The van der Waals surface area contributed by atoms with E-state index in [0.29, 0.717) is 6.04 Å². The van der Waals surface area contributed by atoms with Gasteiger partial charge in [0.2, 0.25) is 0 Å². The van der Waals surface area contributed by atoms with Crippen molar-refractivity contribution in [1.29, 1.82) is 0 Å². The predicted octanol–water partition coefficient (Wildman–Crippen LogP) is 3.64. The summed E-state index contributed by atoms with van der Waals surface area (Å²) in [6, 6.07) is 6.54. The van der Waals surface area contributed by atoms with Crippen molar-refractivity contribution in [2.45, 2.75) is 32.2 Å². The van der Waals surface area contributed by atoms with E-state index < -0.39 is 0 Å². The Labute approximate surface area is 105 Å². The first-order valence-corrected chi connectivity index (χ1v) is 6.42. The highest BCUT2D eigenvalue weighted by atomic mass is 79.9. The second-order valence-corrected chi connectivity index (χ2v) is 5.33. The summed E-state index contributed by atoms with van der Waals surface area (Å²) in [7, 11) is 2.08. The Hall–Kier alpha value is -0.830. The van der Waals surface area contributed by atoms with Crippen molar-refractivity contribution in [3.8, 4) is 0 Å². The van der Waals surface area contributed by atoms with Crippen LogP contribution in [0.3, 0.4) is 0 Å². The molecule has 2 rings (SSSR count). The number of carbonyl (C=O) groups excluding carboxylic acids is 1. The van der Waals surface area contributed by atoms with Crippen molar-refractivity contribution < 1.29 is 4.79 Å². The van der Waals surface area contributed by atoms with Gasteiger partial charge in [0.1, 0.15) is 0 Å². The molecule has 86 valence electrons. The molecule has 3 heteroatoms. The van der Waals surface area contributed by atoms with Crippen molar-refractivity contribution in [3.63, 3.8) is 0 Å². The van der Waals surface area contributed by atoms with Gasteiger partial charge in [0.25, 0.3) is 0 Å². The van der Waals surface area contributed by atoms with E-state index >= 15 is 0 Å². The molecule has 1 saturated carbocycles. The lowest BCUT2D eigenvalue weighted by Gasteiger charge is -2.37. The molecule has 0 N–H and O–H groups in total. The van der Waals surface area contributed by atoms with E-state index in [1.165, 1.54) is 19.3 Å². The Morgan fingerprint density at radius 3 is 2.62 bits per heavy atom. The van der Waals surface area contributed by atoms with E-state index in [4.69, 9.17) is 0 Å². The van der Waals surface area contributed by atoms with Crippen LogP contribution in [0.25, 0.3) is 0 Å². The molecule has 0 spiro atoms. The number of rotatable bonds is 3. The Bertz CT molecular complexity index is 412. The molecule has 1 aliphatic carbocycles. The van der Waals surface area contributed by atoms with Gasteiger partial charge in [-0.2, -0.15) is 0 Å². The van der Waals surface area contributed by atoms with Gasteiger partial charge in [-0.25, -0.2) is 0 Å². The van der Waals surface area contributed by atoms with E-state index in [1.807, 2.05) is 18.2 Å². The lowest BCUT2D eigenvalue weighted by Crippen LogP contribution is -2.37. The molecule has 0 bridgehead atoms. The van der Waals surface area contributed by atoms with Crippen LogP contribution in [0.15, 0.2) is 22.7 Å². The number of hydrogen-bond acceptors (Lipinski definition) is 2. The first kappa shape index (κ1) is 11.6. The molecule has 0 atom stereocenters. The molecular weight excluding hydrogens is 266 g/mol. The summed E-state index contributed by atoms with van der Waals surface area (Å²) in [4.78, 5) is 13.8. The highest BCUT2D eigenvalue weighted by Crippen LogP contribution is 2.31. The van der Waals surface area contributed by atoms with Crippen LogP contribution in [0.1, 0.15) is 36.5 Å². The second-order valence-electron chi connectivity index (χ2n) is 4.41. The molecule has 16 heavy (non-hydrogen) atoms. The number of nitrogens with zero attached hydrogens (tertiary/aromatic N) is 1. The van der Waals surface area contributed by atoms with E-state index in [2.05, 4.69) is 27.9 Å². The maximum atomic E-state index is 11.6. The van der Waals surface area contributed by atoms with Gasteiger partial charge in [-0.15, -0.1) is 0 Å². The molecule has 1 aromatic carbocycles. The van der Waals surface area contributed by atoms with Crippen LogP contribution < -0.4 is 4.90 Å². The van der Waals surface area contributed by atoms with Crippen molar-refractivity contribution in [2.24, 2.45) is 0 Å². The zero-order valence-electron chi connectivity index (χ0n) is 9.66. The standard InChI is InChI=1S/C13H16BrNO/c1-9(16)12-8-10(14)6-7-13(12)15(2)11-4-3-5-11/h6-8,11H,3-5H2,1-2H3. The summed E-state index contributed by atoms with van der Waals surface area (Å²) in [5.74, 6) is 0.127. The van der Waals surface area contributed by atoms with Crippen molar-refractivity contribution >= 4 is 27.4 Å². The molecule has 1 aromatic rings. The summed E-state index contributed by atoms with van der Waals surface area (Å²) < 4.78 is 0.962. The summed E-state index contributed by atoms with van der Waals surface area (Å²) >= 11 is 3.41. The van der Waals surface area contributed by atoms with Gasteiger partial charge in [0.15, 0.2) is 5.78 Å². The third kappa shape index (κ3) is 2.14. The van der Waals surface area contributed by atoms with E-state index in [0.717, 1.165) is 15.7 Å². The first-order valence-electron chi connectivity index (χ1n) is 5.63. The molecule has 1 fully saturated rings. The topological polar surface area (TPSA) is 20.3 Å². The van der Waals surface area contributed by atoms with Crippen LogP contribution in [0, 0.1) is 0 Å². The average molecular weight is 282 g/mol. The van der Waals surface area contributed by atoms with Gasteiger partial charge in [0, 0.05) is 28.8 Å². The summed E-state index contributed by atoms with van der Waals surface area (Å²) in [6.07, 6.45) is 3.79. The van der Waals surface area contributed by atoms with E-state index in [1.54, 1.807) is 6.92 Å². The number of Topliss-reactive ketones (excluding diaryl/α,β-unsaturated/α-hetero) is 1. The van der Waals surface area contributed by atoms with Crippen LogP contribution in [-0.4, -0.2) is 18.9 Å². The Morgan fingerprint density at radius 1 is 1.44 bits per heavy atom. The smallest absolute Gasteiger partial charge is 0.161 e. The SMILES string of the molecule is CC(=O)c1cc(Br)ccc1N(C)C1CCC1. The molecule has 0 saturated heterocycles. The Balaban J connectivity index is 2.34. The van der Waals surface area contributed by atoms with Crippen LogP contribution in [-0.2, 0) is 0 Å². The van der Waals surface area contributed by atoms with Gasteiger partial charge in [-0.3, -0.25) is 4.79 Å². The largest absolute Gasteiger partial charge is 0.371 e. The van der Waals surface area contributed by atoms with Crippen molar-refractivity contribution in [3.05, 3.63) is 28.2 Å². The van der Waals surface area contributed by atoms with Gasteiger partial charge in [-0.1, -0.05) is 15.9 Å². The molecule has 0 aliphatic heterocycles. The predicted molar refractivity (Wildman–Crippen MR) is 70.2 cm³/mol. The number of ketones is 1. The number of benzene rings is 1. The van der Waals surface area contributed by atoms with Crippen molar-refractivity contribution in [2.75, 3.05) is 11.9 Å².